The summed E-state index contributed by atoms with van der Waals surface area (Å²) in [4.78, 5) is 6.81. The molecule has 0 saturated heterocycles. The summed E-state index contributed by atoms with van der Waals surface area (Å²) in [5, 5.41) is 0. The third-order valence-corrected chi connectivity index (χ3v) is 4.30. The first-order valence-electron chi connectivity index (χ1n) is 8.31. The fourth-order valence-corrected chi connectivity index (χ4v) is 3.08. The van der Waals surface area contributed by atoms with Gasteiger partial charge in [-0.1, -0.05) is 45.8 Å². The summed E-state index contributed by atoms with van der Waals surface area (Å²) in [6, 6.07) is 0.340. The van der Waals surface area contributed by atoms with Crippen molar-refractivity contribution in [1.82, 2.24) is 4.90 Å². The zero-order chi connectivity index (χ0) is 16.1. The minimum atomic E-state index is -0.261. The van der Waals surface area contributed by atoms with Crippen LogP contribution in [0.3, 0.4) is 0 Å². The molecule has 0 aromatic heterocycles. The van der Waals surface area contributed by atoms with Crippen LogP contribution in [0.2, 0.25) is 0 Å². The highest BCUT2D eigenvalue weighted by atomic mass is 19.1. The van der Waals surface area contributed by atoms with Crippen molar-refractivity contribution in [3.63, 3.8) is 0 Å². The van der Waals surface area contributed by atoms with E-state index >= 15 is 0 Å². The van der Waals surface area contributed by atoms with Crippen molar-refractivity contribution < 1.29 is 4.39 Å². The molecule has 2 rings (SSSR count). The lowest BCUT2D eigenvalue weighted by molar-refractivity contribution is 0.439. The molecule has 0 atom stereocenters. The van der Waals surface area contributed by atoms with E-state index in [4.69, 9.17) is 4.99 Å². The molecule has 0 N–H and O–H groups in total. The zero-order valence-electron chi connectivity index (χ0n) is 14.0. The molecule has 1 fully saturated rings. The fourth-order valence-electron chi connectivity index (χ4n) is 3.08. The monoisotopic (exact) mass is 302 g/mol. The maximum absolute atomic E-state index is 13.7. The molecule has 2 aliphatic rings. The molecule has 0 bridgehead atoms. The minimum Gasteiger partial charge on any atom is -0.300 e. The van der Waals surface area contributed by atoms with Gasteiger partial charge in [0, 0.05) is 11.9 Å². The second kappa shape index (κ2) is 7.57. The molecule has 0 amide bonds. The van der Waals surface area contributed by atoms with Gasteiger partial charge in [0.1, 0.15) is 11.7 Å². The maximum atomic E-state index is 13.7. The quantitative estimate of drug-likeness (QED) is 0.495. The van der Waals surface area contributed by atoms with Gasteiger partial charge in [-0.2, -0.15) is 0 Å². The van der Waals surface area contributed by atoms with Crippen molar-refractivity contribution in [1.29, 1.82) is 0 Å². The molecule has 0 spiro atoms. The lowest BCUT2D eigenvalue weighted by atomic mass is 9.95. The average molecular weight is 302 g/mol. The van der Waals surface area contributed by atoms with E-state index < -0.39 is 0 Å². The van der Waals surface area contributed by atoms with Gasteiger partial charge < -0.3 is 0 Å². The summed E-state index contributed by atoms with van der Waals surface area (Å²) in [7, 11) is 0. The summed E-state index contributed by atoms with van der Waals surface area (Å²) in [6.45, 7) is 10.4. The second-order valence-corrected chi connectivity index (χ2v) is 6.35. The van der Waals surface area contributed by atoms with E-state index in [0.717, 1.165) is 29.9 Å². The molecular weight excluding hydrogens is 275 g/mol. The Morgan fingerprint density at radius 1 is 1.32 bits per heavy atom. The summed E-state index contributed by atoms with van der Waals surface area (Å²) >= 11 is 0. The lowest BCUT2D eigenvalue weighted by Gasteiger charge is -2.30. The molecule has 2 nitrogen and oxygen atoms in total. The van der Waals surface area contributed by atoms with Crippen LogP contribution in [0, 0.1) is 5.92 Å². The van der Waals surface area contributed by atoms with Gasteiger partial charge >= 0.3 is 0 Å². The zero-order valence-corrected chi connectivity index (χ0v) is 14.0. The van der Waals surface area contributed by atoms with E-state index in [1.807, 2.05) is 6.92 Å². The van der Waals surface area contributed by atoms with Crippen LogP contribution in [-0.4, -0.2) is 16.8 Å². The Morgan fingerprint density at radius 3 is 2.59 bits per heavy atom. The Labute approximate surface area is 133 Å². The largest absolute Gasteiger partial charge is 0.300 e. The molecular formula is C19H27FN2. The summed E-state index contributed by atoms with van der Waals surface area (Å²) in [5.74, 6) is 0.930. The summed E-state index contributed by atoms with van der Waals surface area (Å²) < 4.78 is 13.7. The van der Waals surface area contributed by atoms with Crippen LogP contribution in [-0.2, 0) is 0 Å². The highest BCUT2D eigenvalue weighted by Gasteiger charge is 2.23. The predicted octanol–water partition coefficient (Wildman–Crippen LogP) is 5.52. The first-order valence-corrected chi connectivity index (χ1v) is 8.31. The Morgan fingerprint density at radius 2 is 2.00 bits per heavy atom. The average Bonchev–Trinajstić information content (AvgIpc) is 2.50. The Kier molecular flexibility index (Phi) is 5.76. The van der Waals surface area contributed by atoms with E-state index in [1.54, 1.807) is 11.0 Å². The van der Waals surface area contributed by atoms with Crippen molar-refractivity contribution in [3.8, 4) is 0 Å². The molecule has 1 saturated carbocycles. The van der Waals surface area contributed by atoms with Gasteiger partial charge in [-0.3, -0.25) is 9.89 Å². The van der Waals surface area contributed by atoms with Crippen LogP contribution in [0.4, 0.5) is 4.39 Å². The number of amidine groups is 1. The number of allylic oxidation sites excluding steroid dienone is 4. The molecule has 1 aliphatic heterocycles. The molecule has 3 heteroatoms. The Hall–Kier alpha value is -1.64. The highest BCUT2D eigenvalue weighted by molar-refractivity contribution is 6.00. The Balaban J connectivity index is 2.38. The fraction of sp³-hybridized carbons (Fsp3) is 0.526. The first kappa shape index (κ1) is 16.7. The SMILES string of the molecule is C=C1C=CC(F)=CN1C(=NC1CCCCC1)C(=CC)C(C)C. The lowest BCUT2D eigenvalue weighted by Crippen LogP contribution is -2.31. The molecule has 120 valence electrons. The second-order valence-electron chi connectivity index (χ2n) is 6.35. The van der Waals surface area contributed by atoms with E-state index in [9.17, 15) is 4.39 Å². The highest BCUT2D eigenvalue weighted by Crippen LogP contribution is 2.27. The van der Waals surface area contributed by atoms with Crippen LogP contribution >= 0.6 is 0 Å². The van der Waals surface area contributed by atoms with Gasteiger partial charge in [0.15, 0.2) is 0 Å². The van der Waals surface area contributed by atoms with Gasteiger partial charge in [0.05, 0.1) is 6.04 Å². The van der Waals surface area contributed by atoms with Crippen LogP contribution in [0.25, 0.3) is 0 Å². The van der Waals surface area contributed by atoms with Gasteiger partial charge in [-0.25, -0.2) is 4.39 Å². The number of nitrogens with zero attached hydrogens (tertiary/aromatic N) is 2. The molecule has 1 aliphatic carbocycles. The molecule has 0 aromatic rings. The number of aliphatic imine (C=N–C) groups is 1. The first-order chi connectivity index (χ1) is 10.5. The number of hydrogen-bond donors (Lipinski definition) is 0. The van der Waals surface area contributed by atoms with Crippen molar-refractivity contribution in [3.05, 3.63) is 48.1 Å². The van der Waals surface area contributed by atoms with E-state index in [2.05, 4.69) is 26.5 Å². The third-order valence-electron chi connectivity index (χ3n) is 4.30. The van der Waals surface area contributed by atoms with Crippen molar-refractivity contribution in [2.75, 3.05) is 0 Å². The smallest absolute Gasteiger partial charge is 0.139 e. The predicted molar refractivity (Wildman–Crippen MR) is 92.2 cm³/mol. The minimum absolute atomic E-state index is 0.261. The van der Waals surface area contributed by atoms with Gasteiger partial charge in [0.2, 0.25) is 0 Å². The number of halogens is 1. The maximum Gasteiger partial charge on any atom is 0.139 e. The molecule has 0 radical (unpaired) electrons. The number of rotatable bonds is 3. The van der Waals surface area contributed by atoms with Crippen molar-refractivity contribution >= 4 is 5.84 Å². The Bertz CT molecular complexity index is 532. The van der Waals surface area contributed by atoms with Gasteiger partial charge in [0.25, 0.3) is 0 Å². The standard InChI is InChI=1S/C19H27FN2/c1-5-18(14(2)3)19(21-17-9-7-6-8-10-17)22-13-16(20)12-11-15(22)4/h5,11-14,17H,4,6-10H2,1-3H3. The van der Waals surface area contributed by atoms with Crippen LogP contribution in [0.1, 0.15) is 52.9 Å². The van der Waals surface area contributed by atoms with Crippen molar-refractivity contribution in [2.45, 2.75) is 58.9 Å². The van der Waals surface area contributed by atoms with Crippen LogP contribution < -0.4 is 0 Å². The topological polar surface area (TPSA) is 15.6 Å². The van der Waals surface area contributed by atoms with Gasteiger partial charge in [-0.05, 0) is 43.4 Å². The van der Waals surface area contributed by atoms with E-state index in [1.165, 1.54) is 31.5 Å². The van der Waals surface area contributed by atoms with Crippen molar-refractivity contribution in [2.24, 2.45) is 10.9 Å². The van der Waals surface area contributed by atoms with Crippen LogP contribution in [0.15, 0.2) is 53.1 Å². The van der Waals surface area contributed by atoms with E-state index in [0.29, 0.717) is 12.0 Å². The normalized spacial score (nSPS) is 21.6. The molecule has 0 unspecified atom stereocenters. The van der Waals surface area contributed by atoms with E-state index in [-0.39, 0.29) is 5.83 Å². The van der Waals surface area contributed by atoms with Gasteiger partial charge in [-0.15, -0.1) is 0 Å². The third kappa shape index (κ3) is 3.96. The summed E-state index contributed by atoms with van der Waals surface area (Å²) in [5.41, 5.74) is 1.90. The van der Waals surface area contributed by atoms with Crippen LogP contribution in [0.5, 0.6) is 0 Å². The summed E-state index contributed by atoms with van der Waals surface area (Å²) in [6.07, 6.45) is 12.8. The molecule has 22 heavy (non-hydrogen) atoms. The molecule has 1 heterocycles. The number of hydrogen-bond acceptors (Lipinski definition) is 1. The molecule has 0 aromatic carbocycles.